The van der Waals surface area contributed by atoms with Crippen molar-refractivity contribution in [3.8, 4) is 17.2 Å². The highest BCUT2D eigenvalue weighted by Crippen LogP contribution is 2.39. The van der Waals surface area contributed by atoms with Crippen LogP contribution in [-0.4, -0.2) is 36.7 Å². The summed E-state index contributed by atoms with van der Waals surface area (Å²) in [7, 11) is 0. The number of ether oxygens (including phenoxy) is 3. The molecule has 1 saturated heterocycles. The number of fused-ring (bicyclic) bond motifs is 2. The van der Waals surface area contributed by atoms with Crippen molar-refractivity contribution in [2.75, 3.05) is 19.8 Å². The van der Waals surface area contributed by atoms with E-state index in [-0.39, 0.29) is 11.9 Å². The molecule has 5 rings (SSSR count). The third kappa shape index (κ3) is 3.18. The van der Waals surface area contributed by atoms with Gasteiger partial charge in [0.2, 0.25) is 0 Å². The Hall–Kier alpha value is -2.40. The summed E-state index contributed by atoms with van der Waals surface area (Å²) < 4.78 is 17.5. The van der Waals surface area contributed by atoms with Crippen LogP contribution in [0.1, 0.15) is 36.4 Å². The second-order valence-electron chi connectivity index (χ2n) is 7.51. The molecule has 28 heavy (non-hydrogen) atoms. The first-order valence-electron chi connectivity index (χ1n) is 9.84. The molecule has 0 aromatic heterocycles. The third-order valence-electron chi connectivity index (χ3n) is 5.66. The first-order valence-corrected chi connectivity index (χ1v) is 10.2. The van der Waals surface area contributed by atoms with E-state index in [9.17, 15) is 4.79 Å². The molecule has 1 fully saturated rings. The van der Waals surface area contributed by atoms with Crippen LogP contribution in [0.25, 0.3) is 0 Å². The SMILES string of the molecule is O=C(C1Cc2cc(Cl)ccc2O1)N1CCCC1c1ccc2c(c1)OCCCO2. The normalized spacial score (nSPS) is 23.1. The minimum atomic E-state index is -0.477. The predicted molar refractivity (Wildman–Crippen MR) is 105 cm³/mol. The van der Waals surface area contributed by atoms with Crippen molar-refractivity contribution in [1.29, 1.82) is 0 Å². The number of amides is 1. The van der Waals surface area contributed by atoms with Crippen molar-refractivity contribution in [2.45, 2.75) is 37.8 Å². The molecular weight excluding hydrogens is 378 g/mol. The molecule has 0 spiro atoms. The molecule has 2 unspecified atom stereocenters. The van der Waals surface area contributed by atoms with E-state index in [4.69, 9.17) is 25.8 Å². The smallest absolute Gasteiger partial charge is 0.264 e. The molecule has 0 bridgehead atoms. The average Bonchev–Trinajstić information content (AvgIpc) is 3.28. The molecule has 0 radical (unpaired) electrons. The zero-order chi connectivity index (χ0) is 19.1. The third-order valence-corrected chi connectivity index (χ3v) is 5.90. The van der Waals surface area contributed by atoms with Crippen molar-refractivity contribution in [3.05, 3.63) is 52.5 Å². The summed E-state index contributed by atoms with van der Waals surface area (Å²) in [5.74, 6) is 2.35. The molecule has 2 atom stereocenters. The highest BCUT2D eigenvalue weighted by molar-refractivity contribution is 6.30. The minimum Gasteiger partial charge on any atom is -0.490 e. The first-order chi connectivity index (χ1) is 13.7. The maximum Gasteiger partial charge on any atom is 0.264 e. The minimum absolute atomic E-state index is 0.0422. The lowest BCUT2D eigenvalue weighted by molar-refractivity contribution is -0.138. The molecule has 6 heteroatoms. The quantitative estimate of drug-likeness (QED) is 0.760. The van der Waals surface area contributed by atoms with Gasteiger partial charge in [-0.25, -0.2) is 0 Å². The van der Waals surface area contributed by atoms with Crippen molar-refractivity contribution in [3.63, 3.8) is 0 Å². The van der Waals surface area contributed by atoms with Crippen LogP contribution in [0.15, 0.2) is 36.4 Å². The number of hydrogen-bond donors (Lipinski definition) is 0. The lowest BCUT2D eigenvalue weighted by atomic mass is 10.0. The zero-order valence-electron chi connectivity index (χ0n) is 15.5. The van der Waals surface area contributed by atoms with Gasteiger partial charge in [-0.2, -0.15) is 0 Å². The zero-order valence-corrected chi connectivity index (χ0v) is 16.3. The fourth-order valence-corrected chi connectivity index (χ4v) is 4.50. The van der Waals surface area contributed by atoms with Gasteiger partial charge in [0.15, 0.2) is 17.6 Å². The summed E-state index contributed by atoms with van der Waals surface area (Å²) in [4.78, 5) is 15.2. The number of rotatable bonds is 2. The summed E-state index contributed by atoms with van der Waals surface area (Å²) >= 11 is 6.08. The Morgan fingerprint density at radius 3 is 2.71 bits per heavy atom. The molecular formula is C22H22ClNO4. The van der Waals surface area contributed by atoms with Crippen LogP contribution in [0.5, 0.6) is 17.2 Å². The van der Waals surface area contributed by atoms with Crippen LogP contribution >= 0.6 is 11.6 Å². The first kappa shape index (κ1) is 17.7. The number of nitrogens with zero attached hydrogens (tertiary/aromatic N) is 1. The van der Waals surface area contributed by atoms with E-state index in [1.54, 1.807) is 6.07 Å². The van der Waals surface area contributed by atoms with Crippen LogP contribution in [0.4, 0.5) is 0 Å². The van der Waals surface area contributed by atoms with E-state index in [0.717, 1.165) is 54.2 Å². The molecule has 146 valence electrons. The maximum absolute atomic E-state index is 13.2. The second kappa shape index (κ2) is 7.21. The van der Waals surface area contributed by atoms with E-state index in [1.807, 2.05) is 35.2 Å². The second-order valence-corrected chi connectivity index (χ2v) is 7.95. The molecule has 0 aliphatic carbocycles. The van der Waals surface area contributed by atoms with E-state index in [0.29, 0.717) is 24.7 Å². The van der Waals surface area contributed by atoms with Crippen molar-refractivity contribution < 1.29 is 19.0 Å². The number of carbonyl (C=O) groups is 1. The summed E-state index contributed by atoms with van der Waals surface area (Å²) in [5, 5.41) is 0.668. The molecule has 2 aromatic carbocycles. The van der Waals surface area contributed by atoms with Crippen LogP contribution in [-0.2, 0) is 11.2 Å². The van der Waals surface area contributed by atoms with Crippen LogP contribution in [0.2, 0.25) is 5.02 Å². The number of carbonyl (C=O) groups excluding carboxylic acids is 1. The molecule has 0 N–H and O–H groups in total. The molecule has 3 aliphatic rings. The van der Waals surface area contributed by atoms with Gasteiger partial charge in [0.25, 0.3) is 5.91 Å². The van der Waals surface area contributed by atoms with Crippen LogP contribution < -0.4 is 14.2 Å². The Morgan fingerprint density at radius 1 is 1.00 bits per heavy atom. The van der Waals surface area contributed by atoms with Gasteiger partial charge in [-0.15, -0.1) is 0 Å². The highest BCUT2D eigenvalue weighted by Gasteiger charge is 2.38. The summed E-state index contributed by atoms with van der Waals surface area (Å²) in [5.41, 5.74) is 2.09. The van der Waals surface area contributed by atoms with Gasteiger partial charge in [-0.1, -0.05) is 17.7 Å². The van der Waals surface area contributed by atoms with Crippen molar-refractivity contribution >= 4 is 17.5 Å². The van der Waals surface area contributed by atoms with Gasteiger partial charge in [-0.3, -0.25) is 4.79 Å². The monoisotopic (exact) mass is 399 g/mol. The maximum atomic E-state index is 13.2. The number of benzene rings is 2. The van der Waals surface area contributed by atoms with Gasteiger partial charge in [-0.05, 0) is 54.3 Å². The lowest BCUT2D eigenvalue weighted by Crippen LogP contribution is -2.40. The Labute approximate surface area is 169 Å². The fraction of sp³-hybridized carbons (Fsp3) is 0.409. The summed E-state index contributed by atoms with van der Waals surface area (Å²) in [6.45, 7) is 2.07. The van der Waals surface area contributed by atoms with Gasteiger partial charge < -0.3 is 19.1 Å². The Morgan fingerprint density at radius 2 is 1.82 bits per heavy atom. The number of hydrogen-bond acceptors (Lipinski definition) is 4. The van der Waals surface area contributed by atoms with Gasteiger partial charge in [0.05, 0.1) is 19.3 Å². The number of likely N-dealkylation sites (tertiary alicyclic amines) is 1. The Bertz CT molecular complexity index is 915. The van der Waals surface area contributed by atoms with E-state index >= 15 is 0 Å². The lowest BCUT2D eigenvalue weighted by Gasteiger charge is -2.27. The molecule has 0 saturated carbocycles. The van der Waals surface area contributed by atoms with Crippen molar-refractivity contribution in [1.82, 2.24) is 4.90 Å². The van der Waals surface area contributed by atoms with E-state index in [1.165, 1.54) is 0 Å². The standard InChI is InChI=1S/C22H22ClNO4/c23-16-5-7-18-15(11-16)13-21(28-18)22(25)24-8-1-3-17(24)14-4-6-19-20(12-14)27-10-2-9-26-19/h4-7,11-12,17,21H,1-3,8-10,13H2. The van der Waals surface area contributed by atoms with Crippen molar-refractivity contribution in [2.24, 2.45) is 0 Å². The number of halogens is 1. The molecule has 2 aromatic rings. The molecule has 3 heterocycles. The predicted octanol–water partition coefficient (Wildman–Crippen LogP) is 4.17. The topological polar surface area (TPSA) is 48.0 Å². The Kier molecular flexibility index (Phi) is 4.55. The molecule has 3 aliphatic heterocycles. The molecule has 1 amide bonds. The van der Waals surface area contributed by atoms with E-state index < -0.39 is 6.10 Å². The average molecular weight is 400 g/mol. The molecule has 5 nitrogen and oxygen atoms in total. The van der Waals surface area contributed by atoms with Gasteiger partial charge in [0, 0.05) is 24.4 Å². The largest absolute Gasteiger partial charge is 0.490 e. The summed E-state index contributed by atoms with van der Waals surface area (Å²) in [6, 6.07) is 11.6. The van der Waals surface area contributed by atoms with E-state index in [2.05, 4.69) is 0 Å². The highest BCUT2D eigenvalue weighted by atomic mass is 35.5. The Balaban J connectivity index is 1.36. The van der Waals surface area contributed by atoms with Crippen LogP contribution in [0.3, 0.4) is 0 Å². The van der Waals surface area contributed by atoms with Gasteiger partial charge >= 0.3 is 0 Å². The summed E-state index contributed by atoms with van der Waals surface area (Å²) in [6.07, 6.45) is 2.89. The van der Waals surface area contributed by atoms with Gasteiger partial charge in [0.1, 0.15) is 5.75 Å². The van der Waals surface area contributed by atoms with Crippen LogP contribution in [0, 0.1) is 0 Å². The fourth-order valence-electron chi connectivity index (χ4n) is 4.30.